The number of carbonyl (C=O) groups excluding carboxylic acids is 1. The van der Waals surface area contributed by atoms with E-state index in [2.05, 4.69) is 21.5 Å². The van der Waals surface area contributed by atoms with Crippen LogP contribution in [0.3, 0.4) is 0 Å². The third-order valence-corrected chi connectivity index (χ3v) is 3.99. The van der Waals surface area contributed by atoms with Crippen molar-refractivity contribution in [1.29, 1.82) is 0 Å². The van der Waals surface area contributed by atoms with Gasteiger partial charge in [-0.05, 0) is 35.9 Å². The fourth-order valence-electron chi connectivity index (χ4n) is 2.58. The molecule has 0 aliphatic heterocycles. The number of terminal acetylenes is 1. The normalized spacial score (nSPS) is 11.5. The molecule has 0 heterocycles. The van der Waals surface area contributed by atoms with Gasteiger partial charge in [-0.1, -0.05) is 24.1 Å². The average Bonchev–Trinajstić information content (AvgIpc) is 2.68. The highest BCUT2D eigenvalue weighted by molar-refractivity contribution is 5.95. The maximum atomic E-state index is 12.7. The van der Waals surface area contributed by atoms with Crippen LogP contribution in [0.5, 0.6) is 0 Å². The average molecular weight is 402 g/mol. The van der Waals surface area contributed by atoms with Crippen LogP contribution in [0.15, 0.2) is 53.5 Å². The highest BCUT2D eigenvalue weighted by Gasteiger charge is 2.29. The molecule has 0 spiro atoms. The van der Waals surface area contributed by atoms with Crippen molar-refractivity contribution in [1.82, 2.24) is 10.2 Å². The summed E-state index contributed by atoms with van der Waals surface area (Å²) in [6, 6.07) is 11.8. The second-order valence-corrected chi connectivity index (χ2v) is 6.22. The molecule has 152 valence electrons. The molecule has 2 aromatic rings. The van der Waals surface area contributed by atoms with E-state index in [1.807, 2.05) is 0 Å². The summed E-state index contributed by atoms with van der Waals surface area (Å²) in [5.41, 5.74) is 1.22. The number of nitrogens with zero attached hydrogens (tertiary/aromatic N) is 2. The molecule has 2 rings (SSSR count). The fraction of sp³-hybridized carbons (Fsp3) is 0.238. The number of amides is 1. The molecule has 0 fully saturated rings. The van der Waals surface area contributed by atoms with Crippen LogP contribution in [-0.2, 0) is 17.5 Å². The number of rotatable bonds is 5. The van der Waals surface area contributed by atoms with Gasteiger partial charge in [0.25, 0.3) is 0 Å². The molecule has 5 nitrogen and oxygen atoms in total. The molecule has 0 aliphatic rings. The van der Waals surface area contributed by atoms with Crippen LogP contribution >= 0.6 is 0 Å². The summed E-state index contributed by atoms with van der Waals surface area (Å²) in [5.74, 6) is 2.63. The zero-order chi connectivity index (χ0) is 21.4. The van der Waals surface area contributed by atoms with Gasteiger partial charge in [0.15, 0.2) is 5.96 Å². The first-order valence-electron chi connectivity index (χ1n) is 8.67. The van der Waals surface area contributed by atoms with Gasteiger partial charge in [0.05, 0.1) is 12.1 Å². The van der Waals surface area contributed by atoms with Gasteiger partial charge in [0.2, 0.25) is 5.91 Å². The van der Waals surface area contributed by atoms with E-state index in [1.54, 1.807) is 43.3 Å². The Balaban J connectivity index is 1.90. The first-order chi connectivity index (χ1) is 13.7. The Morgan fingerprint density at radius 3 is 2.48 bits per heavy atom. The lowest BCUT2D eigenvalue weighted by atomic mass is 10.1. The van der Waals surface area contributed by atoms with Crippen LogP contribution in [0, 0.1) is 12.3 Å². The minimum absolute atomic E-state index is 0.0374. The van der Waals surface area contributed by atoms with Gasteiger partial charge in [-0.15, -0.1) is 6.42 Å². The molecule has 0 atom stereocenters. The van der Waals surface area contributed by atoms with Gasteiger partial charge < -0.3 is 15.5 Å². The predicted octanol–water partition coefficient (Wildman–Crippen LogP) is 3.33. The number of carbonyl (C=O) groups is 1. The highest BCUT2D eigenvalue weighted by Crippen LogP contribution is 2.29. The quantitative estimate of drug-likeness (QED) is 0.458. The zero-order valence-electron chi connectivity index (χ0n) is 16.0. The number of alkyl halides is 3. The topological polar surface area (TPSA) is 56.7 Å². The molecule has 0 aliphatic carbocycles. The Labute approximate surface area is 167 Å². The molecule has 0 bridgehead atoms. The molecule has 8 heteroatoms. The number of nitrogens with one attached hydrogen (secondary N) is 2. The Morgan fingerprint density at radius 2 is 1.90 bits per heavy atom. The third kappa shape index (κ3) is 6.57. The second-order valence-electron chi connectivity index (χ2n) is 6.22. The van der Waals surface area contributed by atoms with Gasteiger partial charge >= 0.3 is 6.18 Å². The van der Waals surface area contributed by atoms with Crippen molar-refractivity contribution in [2.45, 2.75) is 12.7 Å². The number of benzene rings is 2. The number of anilines is 1. The van der Waals surface area contributed by atoms with Crippen LogP contribution in [0.1, 0.15) is 16.7 Å². The maximum absolute atomic E-state index is 12.7. The lowest BCUT2D eigenvalue weighted by Crippen LogP contribution is -2.42. The van der Waals surface area contributed by atoms with Gasteiger partial charge in [0, 0.05) is 31.9 Å². The lowest BCUT2D eigenvalue weighted by molar-refractivity contribution is -0.137. The van der Waals surface area contributed by atoms with Crippen molar-refractivity contribution in [3.8, 4) is 12.3 Å². The fourth-order valence-corrected chi connectivity index (χ4v) is 2.58. The number of aliphatic imine (C=N–C) groups is 1. The minimum atomic E-state index is -4.37. The molecule has 0 saturated carbocycles. The van der Waals surface area contributed by atoms with Crippen LogP contribution < -0.4 is 10.6 Å². The van der Waals surface area contributed by atoms with Crippen molar-refractivity contribution in [3.05, 3.63) is 65.2 Å². The summed E-state index contributed by atoms with van der Waals surface area (Å²) >= 11 is 0. The molecule has 0 saturated heterocycles. The first kappa shape index (κ1) is 21.8. The number of guanidine groups is 1. The van der Waals surface area contributed by atoms with Gasteiger partial charge in [-0.3, -0.25) is 9.79 Å². The predicted molar refractivity (Wildman–Crippen MR) is 107 cm³/mol. The first-order valence-corrected chi connectivity index (χ1v) is 8.67. The highest BCUT2D eigenvalue weighted by atomic mass is 19.4. The van der Waals surface area contributed by atoms with Crippen LogP contribution in [0.25, 0.3) is 0 Å². The van der Waals surface area contributed by atoms with Crippen molar-refractivity contribution in [2.75, 3.05) is 26.0 Å². The van der Waals surface area contributed by atoms with E-state index in [-0.39, 0.29) is 12.5 Å². The molecule has 2 aromatic carbocycles. The van der Waals surface area contributed by atoms with Gasteiger partial charge in [-0.25, -0.2) is 0 Å². The van der Waals surface area contributed by atoms with Crippen molar-refractivity contribution >= 4 is 17.6 Å². The molecular formula is C21H21F3N4O. The van der Waals surface area contributed by atoms with E-state index in [0.29, 0.717) is 29.3 Å². The van der Waals surface area contributed by atoms with Gasteiger partial charge in [-0.2, -0.15) is 13.2 Å². The second kappa shape index (κ2) is 9.64. The van der Waals surface area contributed by atoms with Crippen molar-refractivity contribution in [3.63, 3.8) is 0 Å². The maximum Gasteiger partial charge on any atom is 0.416 e. The molecule has 0 unspecified atom stereocenters. The van der Waals surface area contributed by atoms with E-state index < -0.39 is 11.7 Å². The van der Waals surface area contributed by atoms with Gasteiger partial charge in [0.1, 0.15) is 0 Å². The molecular weight excluding hydrogens is 381 g/mol. The molecule has 2 N–H and O–H groups in total. The molecule has 0 aromatic heterocycles. The number of hydrogen-bond donors (Lipinski definition) is 2. The molecule has 1 amide bonds. The molecule has 0 radical (unpaired) electrons. The third-order valence-electron chi connectivity index (χ3n) is 3.99. The standard InChI is InChI=1S/C21H21F3N4O/c1-4-15-6-5-7-18(12-15)27-19(29)13-26-20(25-2)28(3)14-16-8-10-17(11-9-16)21(22,23)24/h1,5-12H,13-14H2,2-3H3,(H,25,26)(H,27,29). The van der Waals surface area contributed by atoms with E-state index in [1.165, 1.54) is 12.1 Å². The van der Waals surface area contributed by atoms with E-state index in [9.17, 15) is 18.0 Å². The van der Waals surface area contributed by atoms with Crippen LogP contribution in [-0.4, -0.2) is 37.4 Å². The van der Waals surface area contributed by atoms with E-state index in [4.69, 9.17) is 6.42 Å². The molecule has 29 heavy (non-hydrogen) atoms. The summed E-state index contributed by atoms with van der Waals surface area (Å²) in [5, 5.41) is 5.65. The summed E-state index contributed by atoms with van der Waals surface area (Å²) in [4.78, 5) is 17.9. The van der Waals surface area contributed by atoms with E-state index >= 15 is 0 Å². The Kier molecular flexibility index (Phi) is 7.26. The SMILES string of the molecule is C#Cc1cccc(NC(=O)CNC(=NC)N(C)Cc2ccc(C(F)(F)F)cc2)c1. The number of halogens is 3. The Bertz CT molecular complexity index is 915. The van der Waals surface area contributed by atoms with Crippen LogP contribution in [0.2, 0.25) is 0 Å². The van der Waals surface area contributed by atoms with Crippen molar-refractivity contribution in [2.24, 2.45) is 4.99 Å². The Morgan fingerprint density at radius 1 is 1.21 bits per heavy atom. The minimum Gasteiger partial charge on any atom is -0.347 e. The van der Waals surface area contributed by atoms with Crippen LogP contribution in [0.4, 0.5) is 18.9 Å². The zero-order valence-corrected chi connectivity index (χ0v) is 16.0. The van der Waals surface area contributed by atoms with Crippen molar-refractivity contribution < 1.29 is 18.0 Å². The summed E-state index contributed by atoms with van der Waals surface area (Å²) < 4.78 is 38.0. The summed E-state index contributed by atoms with van der Waals surface area (Å²) in [6.07, 6.45) is 0.974. The Hall–Kier alpha value is -3.47. The summed E-state index contributed by atoms with van der Waals surface area (Å²) in [6.45, 7) is 0.286. The largest absolute Gasteiger partial charge is 0.416 e. The summed E-state index contributed by atoms with van der Waals surface area (Å²) in [7, 11) is 3.28. The lowest BCUT2D eigenvalue weighted by Gasteiger charge is -2.22. The number of hydrogen-bond acceptors (Lipinski definition) is 2. The van der Waals surface area contributed by atoms with E-state index in [0.717, 1.165) is 12.1 Å². The monoisotopic (exact) mass is 402 g/mol. The smallest absolute Gasteiger partial charge is 0.347 e.